The molecule has 1 N–H and O–H groups in total. The Labute approximate surface area is 119 Å². The van der Waals surface area contributed by atoms with E-state index in [1.165, 1.54) is 6.26 Å². The Bertz CT molecular complexity index is 471. The number of carboxylic acid groups (broad SMARTS) is 1. The van der Waals surface area contributed by atoms with E-state index in [0.717, 1.165) is 19.4 Å². The van der Waals surface area contributed by atoms with E-state index in [2.05, 4.69) is 15.9 Å². The van der Waals surface area contributed by atoms with Crippen LogP contribution in [0.1, 0.15) is 36.0 Å². The summed E-state index contributed by atoms with van der Waals surface area (Å²) in [6, 6.07) is 1.65. The largest absolute Gasteiger partial charge is 0.481 e. The number of aliphatic carboxylic acids is 1. The number of carbonyl (C=O) groups is 2. The smallest absolute Gasteiger partial charge is 0.303 e. The molecule has 1 amide bonds. The van der Waals surface area contributed by atoms with Crippen molar-refractivity contribution in [3.8, 4) is 0 Å². The van der Waals surface area contributed by atoms with Gasteiger partial charge in [-0.1, -0.05) is 0 Å². The van der Waals surface area contributed by atoms with Crippen LogP contribution in [0.4, 0.5) is 0 Å². The minimum Gasteiger partial charge on any atom is -0.481 e. The summed E-state index contributed by atoms with van der Waals surface area (Å²) in [5.74, 6) is -0.554. The van der Waals surface area contributed by atoms with E-state index >= 15 is 0 Å². The maximum atomic E-state index is 12.3. The van der Waals surface area contributed by atoms with Gasteiger partial charge in [-0.15, -0.1) is 0 Å². The lowest BCUT2D eigenvalue weighted by molar-refractivity contribution is -0.137. The molecule has 0 saturated carbocycles. The molecule has 1 atom stereocenters. The Hall–Kier alpha value is -1.30. The third-order valence-corrected chi connectivity index (χ3v) is 4.04. The van der Waals surface area contributed by atoms with Gasteiger partial charge in [-0.25, -0.2) is 0 Å². The zero-order valence-electron chi connectivity index (χ0n) is 10.5. The minimum atomic E-state index is -0.777. The van der Waals surface area contributed by atoms with Gasteiger partial charge >= 0.3 is 5.97 Å². The second-order valence-corrected chi connectivity index (χ2v) is 5.52. The van der Waals surface area contributed by atoms with Crippen LogP contribution in [0.2, 0.25) is 0 Å². The number of amides is 1. The molecule has 1 saturated heterocycles. The van der Waals surface area contributed by atoms with E-state index in [1.807, 2.05) is 0 Å². The standard InChI is InChI=1S/C13H16BrNO4/c14-12-10(5-7-19-12)13(18)15-6-1-2-9(8-15)3-4-11(16)17/h5,7,9H,1-4,6,8H2,(H,16,17). The predicted octanol–water partition coefficient (Wildman–Crippen LogP) is 2.76. The molecule has 19 heavy (non-hydrogen) atoms. The summed E-state index contributed by atoms with van der Waals surface area (Å²) in [5.41, 5.74) is 0.527. The number of nitrogens with zero attached hydrogens (tertiary/aromatic N) is 1. The Morgan fingerprint density at radius 1 is 1.53 bits per heavy atom. The maximum absolute atomic E-state index is 12.3. The van der Waals surface area contributed by atoms with Gasteiger partial charge in [0.05, 0.1) is 11.8 Å². The van der Waals surface area contributed by atoms with Crippen molar-refractivity contribution in [3.05, 3.63) is 22.6 Å². The molecule has 1 aliphatic heterocycles. The highest BCUT2D eigenvalue weighted by molar-refractivity contribution is 9.10. The van der Waals surface area contributed by atoms with Crippen molar-refractivity contribution in [2.45, 2.75) is 25.7 Å². The fourth-order valence-electron chi connectivity index (χ4n) is 2.43. The van der Waals surface area contributed by atoms with Crippen molar-refractivity contribution in [3.63, 3.8) is 0 Å². The van der Waals surface area contributed by atoms with Crippen molar-refractivity contribution in [1.82, 2.24) is 4.90 Å². The van der Waals surface area contributed by atoms with Gasteiger partial charge in [-0.2, -0.15) is 0 Å². The number of carbonyl (C=O) groups excluding carboxylic acids is 1. The van der Waals surface area contributed by atoms with Gasteiger partial charge in [0.25, 0.3) is 5.91 Å². The molecule has 0 aliphatic carbocycles. The van der Waals surface area contributed by atoms with Gasteiger partial charge < -0.3 is 14.4 Å². The van der Waals surface area contributed by atoms with Crippen molar-refractivity contribution in [2.24, 2.45) is 5.92 Å². The minimum absolute atomic E-state index is 0.0550. The van der Waals surface area contributed by atoms with Crippen LogP contribution < -0.4 is 0 Å². The Morgan fingerprint density at radius 3 is 2.95 bits per heavy atom. The molecule has 0 spiro atoms. The normalized spacial score (nSPS) is 19.4. The van der Waals surface area contributed by atoms with Crippen LogP contribution in [0.3, 0.4) is 0 Å². The van der Waals surface area contributed by atoms with Crippen LogP contribution in [-0.4, -0.2) is 35.0 Å². The number of hydrogen-bond donors (Lipinski definition) is 1. The Morgan fingerprint density at radius 2 is 2.32 bits per heavy atom. The van der Waals surface area contributed by atoms with Crippen LogP contribution in [0.5, 0.6) is 0 Å². The van der Waals surface area contributed by atoms with Gasteiger partial charge in [-0.05, 0) is 47.2 Å². The molecule has 1 aromatic heterocycles. The molecular formula is C13H16BrNO4. The summed E-state index contributed by atoms with van der Waals surface area (Å²) < 4.78 is 5.52. The molecule has 2 heterocycles. The molecule has 1 aliphatic rings. The first kappa shape index (κ1) is 14.1. The number of likely N-dealkylation sites (tertiary alicyclic amines) is 1. The molecule has 6 heteroatoms. The summed E-state index contributed by atoms with van der Waals surface area (Å²) in [6.45, 7) is 1.35. The van der Waals surface area contributed by atoms with Crippen molar-refractivity contribution in [2.75, 3.05) is 13.1 Å². The van der Waals surface area contributed by atoms with Crippen molar-refractivity contribution in [1.29, 1.82) is 0 Å². The molecule has 1 unspecified atom stereocenters. The summed E-state index contributed by atoms with van der Waals surface area (Å²) in [4.78, 5) is 24.7. The van der Waals surface area contributed by atoms with Crippen LogP contribution in [-0.2, 0) is 4.79 Å². The lowest BCUT2D eigenvalue weighted by Crippen LogP contribution is -2.40. The van der Waals surface area contributed by atoms with E-state index in [4.69, 9.17) is 9.52 Å². The number of hydrogen-bond acceptors (Lipinski definition) is 3. The topological polar surface area (TPSA) is 70.8 Å². The third kappa shape index (κ3) is 3.59. The van der Waals surface area contributed by atoms with E-state index in [1.54, 1.807) is 11.0 Å². The van der Waals surface area contributed by atoms with Gasteiger partial charge in [0.15, 0.2) is 4.67 Å². The van der Waals surface area contributed by atoms with Crippen LogP contribution in [0.15, 0.2) is 21.4 Å². The van der Waals surface area contributed by atoms with Gasteiger partial charge in [0.1, 0.15) is 0 Å². The van der Waals surface area contributed by atoms with Crippen LogP contribution in [0, 0.1) is 5.92 Å². The molecule has 0 radical (unpaired) electrons. The Balaban J connectivity index is 1.95. The average Bonchev–Trinajstić information content (AvgIpc) is 2.82. The van der Waals surface area contributed by atoms with E-state index in [9.17, 15) is 9.59 Å². The summed E-state index contributed by atoms with van der Waals surface area (Å²) >= 11 is 3.21. The quantitative estimate of drug-likeness (QED) is 0.921. The SMILES string of the molecule is O=C(O)CCC1CCCN(C(=O)c2ccoc2Br)C1. The molecule has 2 rings (SSSR count). The van der Waals surface area contributed by atoms with Crippen molar-refractivity contribution >= 4 is 27.8 Å². The highest BCUT2D eigenvalue weighted by Crippen LogP contribution is 2.25. The molecule has 104 valence electrons. The molecule has 0 aromatic carbocycles. The van der Waals surface area contributed by atoms with Gasteiger partial charge in [0, 0.05) is 19.5 Å². The first-order valence-electron chi connectivity index (χ1n) is 6.32. The van der Waals surface area contributed by atoms with Gasteiger partial charge in [-0.3, -0.25) is 9.59 Å². The highest BCUT2D eigenvalue weighted by Gasteiger charge is 2.26. The zero-order valence-corrected chi connectivity index (χ0v) is 12.1. The first-order valence-corrected chi connectivity index (χ1v) is 7.11. The number of furan rings is 1. The predicted molar refractivity (Wildman–Crippen MR) is 71.9 cm³/mol. The number of carboxylic acids is 1. The lowest BCUT2D eigenvalue weighted by atomic mass is 9.93. The maximum Gasteiger partial charge on any atom is 0.303 e. The summed E-state index contributed by atoms with van der Waals surface area (Å²) in [6.07, 6.45) is 4.19. The van der Waals surface area contributed by atoms with Gasteiger partial charge in [0.2, 0.25) is 0 Å². The van der Waals surface area contributed by atoms with E-state index in [-0.39, 0.29) is 18.2 Å². The van der Waals surface area contributed by atoms with Crippen LogP contribution in [0.25, 0.3) is 0 Å². The number of halogens is 1. The molecular weight excluding hydrogens is 314 g/mol. The Kier molecular flexibility index (Phi) is 4.63. The van der Waals surface area contributed by atoms with E-state index in [0.29, 0.717) is 23.2 Å². The zero-order chi connectivity index (χ0) is 13.8. The molecule has 5 nitrogen and oxygen atoms in total. The molecule has 1 fully saturated rings. The number of rotatable bonds is 4. The molecule has 0 bridgehead atoms. The molecule has 1 aromatic rings. The van der Waals surface area contributed by atoms with E-state index < -0.39 is 5.97 Å². The number of piperidine rings is 1. The van der Waals surface area contributed by atoms with Crippen molar-refractivity contribution < 1.29 is 19.1 Å². The summed E-state index contributed by atoms with van der Waals surface area (Å²) in [5, 5.41) is 8.71. The third-order valence-electron chi connectivity index (χ3n) is 3.42. The monoisotopic (exact) mass is 329 g/mol. The fraction of sp³-hybridized carbons (Fsp3) is 0.538. The summed E-state index contributed by atoms with van der Waals surface area (Å²) in [7, 11) is 0. The second-order valence-electron chi connectivity index (χ2n) is 4.80. The van der Waals surface area contributed by atoms with Crippen LogP contribution >= 0.6 is 15.9 Å². The average molecular weight is 330 g/mol. The highest BCUT2D eigenvalue weighted by atomic mass is 79.9. The lowest BCUT2D eigenvalue weighted by Gasteiger charge is -2.32. The first-order chi connectivity index (χ1) is 9.08. The second kappa shape index (κ2) is 6.23. The fourth-order valence-corrected chi connectivity index (χ4v) is 2.84.